The highest BCUT2D eigenvalue weighted by Crippen LogP contribution is 2.25. The van der Waals surface area contributed by atoms with Crippen LogP contribution in [0.5, 0.6) is 0 Å². The predicted molar refractivity (Wildman–Crippen MR) is 57.3 cm³/mol. The summed E-state index contributed by atoms with van der Waals surface area (Å²) >= 11 is 1.57. The van der Waals surface area contributed by atoms with E-state index < -0.39 is 6.10 Å². The van der Waals surface area contributed by atoms with E-state index in [2.05, 4.69) is 4.98 Å². The van der Waals surface area contributed by atoms with E-state index in [1.807, 2.05) is 12.1 Å². The Morgan fingerprint density at radius 2 is 2.36 bits per heavy atom. The van der Waals surface area contributed by atoms with Crippen LogP contribution < -0.4 is 0 Å². The van der Waals surface area contributed by atoms with Gasteiger partial charge in [0.05, 0.1) is 6.10 Å². The van der Waals surface area contributed by atoms with Gasteiger partial charge in [0.2, 0.25) is 0 Å². The Kier molecular flexibility index (Phi) is 4.93. The number of aliphatic hydroxyl groups is 2. The summed E-state index contributed by atoms with van der Waals surface area (Å²) in [6, 6.07) is 3.69. The van der Waals surface area contributed by atoms with Crippen LogP contribution in [0.4, 0.5) is 0 Å². The molecular formula is C10H15NO2S. The van der Waals surface area contributed by atoms with Crippen LogP contribution in [0.1, 0.15) is 25.0 Å². The minimum absolute atomic E-state index is 0.198. The van der Waals surface area contributed by atoms with Gasteiger partial charge in [-0.2, -0.15) is 0 Å². The molecule has 2 N–H and O–H groups in total. The van der Waals surface area contributed by atoms with Crippen LogP contribution in [0.25, 0.3) is 0 Å². The maximum atomic E-state index is 9.46. The van der Waals surface area contributed by atoms with E-state index in [0.29, 0.717) is 0 Å². The van der Waals surface area contributed by atoms with E-state index in [4.69, 9.17) is 5.11 Å². The van der Waals surface area contributed by atoms with Gasteiger partial charge in [-0.3, -0.25) is 0 Å². The zero-order valence-corrected chi connectivity index (χ0v) is 9.00. The molecule has 0 aliphatic rings. The normalized spacial score (nSPS) is 12.8. The van der Waals surface area contributed by atoms with Crippen LogP contribution in [0.15, 0.2) is 23.4 Å². The average molecular weight is 213 g/mol. The second-order valence-electron chi connectivity index (χ2n) is 3.00. The Bertz CT molecular complexity index is 279. The lowest BCUT2D eigenvalue weighted by atomic mass is 10.2. The zero-order chi connectivity index (χ0) is 10.4. The second kappa shape index (κ2) is 6.01. The quantitative estimate of drug-likeness (QED) is 0.576. The number of hydrogen-bond acceptors (Lipinski definition) is 4. The molecule has 1 rings (SSSR count). The number of aromatic nitrogens is 1. The summed E-state index contributed by atoms with van der Waals surface area (Å²) in [4.78, 5) is 4.19. The largest absolute Gasteiger partial charge is 0.396 e. The smallest absolute Gasteiger partial charge is 0.102 e. The van der Waals surface area contributed by atoms with Crippen molar-refractivity contribution in [3.05, 3.63) is 23.9 Å². The Morgan fingerprint density at radius 1 is 1.57 bits per heavy atom. The van der Waals surface area contributed by atoms with Gasteiger partial charge in [0.25, 0.3) is 0 Å². The van der Waals surface area contributed by atoms with Crippen molar-refractivity contribution in [2.45, 2.75) is 24.5 Å². The highest BCUT2D eigenvalue weighted by molar-refractivity contribution is 7.99. The van der Waals surface area contributed by atoms with Crippen molar-refractivity contribution in [3.63, 3.8) is 0 Å². The molecule has 0 radical (unpaired) electrons. The van der Waals surface area contributed by atoms with Crippen LogP contribution >= 0.6 is 11.8 Å². The maximum absolute atomic E-state index is 9.46. The number of thioether (sulfide) groups is 1. The molecule has 0 aromatic carbocycles. The third-order valence-corrected chi connectivity index (χ3v) is 2.90. The Hall–Kier alpha value is -0.580. The summed E-state index contributed by atoms with van der Waals surface area (Å²) < 4.78 is 0. The van der Waals surface area contributed by atoms with E-state index in [1.54, 1.807) is 24.9 Å². The lowest BCUT2D eigenvalue weighted by Gasteiger charge is -2.09. The summed E-state index contributed by atoms with van der Waals surface area (Å²) in [6.45, 7) is 1.93. The molecule has 0 unspecified atom stereocenters. The SMILES string of the molecule is C[C@H](O)c1cccnc1SCCCO. The van der Waals surface area contributed by atoms with Gasteiger partial charge in [-0.1, -0.05) is 6.07 Å². The molecule has 0 amide bonds. The van der Waals surface area contributed by atoms with Crippen molar-refractivity contribution in [2.24, 2.45) is 0 Å². The standard InChI is InChI=1S/C10H15NO2S/c1-8(13)9-4-2-5-11-10(9)14-7-3-6-12/h2,4-5,8,12-13H,3,6-7H2,1H3/t8-/m0/s1. The van der Waals surface area contributed by atoms with E-state index in [9.17, 15) is 5.11 Å². The van der Waals surface area contributed by atoms with Crippen LogP contribution in [0.3, 0.4) is 0 Å². The molecule has 1 heterocycles. The van der Waals surface area contributed by atoms with Gasteiger partial charge in [-0.15, -0.1) is 11.8 Å². The molecule has 1 aromatic rings. The van der Waals surface area contributed by atoms with Gasteiger partial charge < -0.3 is 10.2 Å². The topological polar surface area (TPSA) is 53.4 Å². The molecular weight excluding hydrogens is 198 g/mol. The van der Waals surface area contributed by atoms with E-state index >= 15 is 0 Å². The molecule has 4 heteroatoms. The molecule has 0 aliphatic carbocycles. The van der Waals surface area contributed by atoms with Crippen molar-refractivity contribution in [2.75, 3.05) is 12.4 Å². The van der Waals surface area contributed by atoms with E-state index in [0.717, 1.165) is 22.8 Å². The van der Waals surface area contributed by atoms with Crippen LogP contribution in [0.2, 0.25) is 0 Å². The second-order valence-corrected chi connectivity index (χ2v) is 4.08. The van der Waals surface area contributed by atoms with Gasteiger partial charge in [0, 0.05) is 24.1 Å². The zero-order valence-electron chi connectivity index (χ0n) is 8.18. The minimum atomic E-state index is -0.486. The fraction of sp³-hybridized carbons (Fsp3) is 0.500. The highest BCUT2D eigenvalue weighted by Gasteiger charge is 2.08. The fourth-order valence-corrected chi connectivity index (χ4v) is 2.08. The Morgan fingerprint density at radius 3 is 3.00 bits per heavy atom. The molecule has 0 fully saturated rings. The molecule has 3 nitrogen and oxygen atoms in total. The first kappa shape index (κ1) is 11.5. The number of aliphatic hydroxyl groups excluding tert-OH is 2. The average Bonchev–Trinajstić information content (AvgIpc) is 2.19. The lowest BCUT2D eigenvalue weighted by Crippen LogP contribution is -1.97. The van der Waals surface area contributed by atoms with E-state index in [1.165, 1.54) is 0 Å². The number of rotatable bonds is 5. The predicted octanol–water partition coefficient (Wildman–Crippen LogP) is 1.61. The van der Waals surface area contributed by atoms with E-state index in [-0.39, 0.29) is 6.61 Å². The van der Waals surface area contributed by atoms with Gasteiger partial charge in [-0.05, 0) is 19.4 Å². The van der Waals surface area contributed by atoms with Crippen molar-refractivity contribution in [1.29, 1.82) is 0 Å². The first-order valence-corrected chi connectivity index (χ1v) is 5.61. The van der Waals surface area contributed by atoms with Crippen molar-refractivity contribution in [3.8, 4) is 0 Å². The first-order chi connectivity index (χ1) is 6.75. The molecule has 0 saturated heterocycles. The summed E-state index contributed by atoms with van der Waals surface area (Å²) in [6.07, 6.45) is 1.98. The summed E-state index contributed by atoms with van der Waals surface area (Å²) in [7, 11) is 0. The molecule has 78 valence electrons. The summed E-state index contributed by atoms with van der Waals surface area (Å²) in [5, 5.41) is 19.0. The molecule has 0 bridgehead atoms. The maximum Gasteiger partial charge on any atom is 0.102 e. The molecule has 0 saturated carbocycles. The Balaban J connectivity index is 2.64. The number of hydrogen-bond donors (Lipinski definition) is 2. The third-order valence-electron chi connectivity index (χ3n) is 1.79. The third kappa shape index (κ3) is 3.29. The van der Waals surface area contributed by atoms with Gasteiger partial charge in [0.15, 0.2) is 0 Å². The van der Waals surface area contributed by atoms with Gasteiger partial charge >= 0.3 is 0 Å². The molecule has 1 atom stereocenters. The van der Waals surface area contributed by atoms with Crippen LogP contribution in [0, 0.1) is 0 Å². The highest BCUT2D eigenvalue weighted by atomic mass is 32.2. The van der Waals surface area contributed by atoms with Crippen molar-refractivity contribution in [1.82, 2.24) is 4.98 Å². The van der Waals surface area contributed by atoms with Crippen LogP contribution in [-0.4, -0.2) is 27.6 Å². The molecule has 14 heavy (non-hydrogen) atoms. The van der Waals surface area contributed by atoms with Crippen molar-refractivity contribution >= 4 is 11.8 Å². The van der Waals surface area contributed by atoms with Gasteiger partial charge in [-0.25, -0.2) is 4.98 Å². The monoisotopic (exact) mass is 213 g/mol. The summed E-state index contributed by atoms with van der Waals surface area (Å²) in [5.74, 6) is 0.827. The Labute approximate surface area is 88.2 Å². The van der Waals surface area contributed by atoms with Gasteiger partial charge in [0.1, 0.15) is 5.03 Å². The number of nitrogens with zero attached hydrogens (tertiary/aromatic N) is 1. The number of pyridine rings is 1. The first-order valence-electron chi connectivity index (χ1n) is 4.62. The summed E-state index contributed by atoms with van der Waals surface area (Å²) in [5.41, 5.74) is 0.857. The minimum Gasteiger partial charge on any atom is -0.396 e. The molecule has 0 spiro atoms. The van der Waals surface area contributed by atoms with Crippen LogP contribution in [-0.2, 0) is 0 Å². The lowest BCUT2D eigenvalue weighted by molar-refractivity contribution is 0.195. The fourth-order valence-electron chi connectivity index (χ4n) is 1.08. The molecule has 1 aromatic heterocycles. The molecule has 0 aliphatic heterocycles. The van der Waals surface area contributed by atoms with Crippen molar-refractivity contribution < 1.29 is 10.2 Å².